The van der Waals surface area contributed by atoms with Crippen molar-refractivity contribution in [3.8, 4) is 0 Å². The summed E-state index contributed by atoms with van der Waals surface area (Å²) in [5.74, 6) is 0. The minimum Gasteiger partial charge on any atom is -0.465 e. The third kappa shape index (κ3) is 10.2. The highest BCUT2D eigenvalue weighted by atomic mass is 16.6. The van der Waals surface area contributed by atoms with Gasteiger partial charge in [0.2, 0.25) is 0 Å². The van der Waals surface area contributed by atoms with E-state index in [1.54, 1.807) is 0 Å². The molecule has 1 amide bonds. The lowest BCUT2D eigenvalue weighted by molar-refractivity contribution is -0.0334. The van der Waals surface area contributed by atoms with Crippen LogP contribution in [0.3, 0.4) is 0 Å². The van der Waals surface area contributed by atoms with Crippen molar-refractivity contribution in [2.24, 2.45) is 5.73 Å². The molecule has 1 aliphatic rings. The molecular formula is C5H11NO4. The summed E-state index contributed by atoms with van der Waals surface area (Å²) >= 11 is 0. The van der Waals surface area contributed by atoms with Gasteiger partial charge in [0.25, 0.3) is 0 Å². The number of carboxylic acid groups (broad SMARTS) is 1. The predicted molar refractivity (Wildman–Crippen MR) is 33.9 cm³/mol. The molecule has 0 atom stereocenters. The number of rotatable bonds is 0. The van der Waals surface area contributed by atoms with Crippen LogP contribution in [0.4, 0.5) is 4.79 Å². The zero-order valence-corrected chi connectivity index (χ0v) is 5.58. The molecule has 1 saturated heterocycles. The number of hydrogen-bond donors (Lipinski definition) is 2. The van der Waals surface area contributed by atoms with Crippen LogP contribution in [0.5, 0.6) is 0 Å². The second-order valence-corrected chi connectivity index (χ2v) is 1.56. The van der Waals surface area contributed by atoms with Crippen molar-refractivity contribution in [3.05, 3.63) is 0 Å². The van der Waals surface area contributed by atoms with E-state index in [2.05, 4.69) is 5.73 Å². The van der Waals surface area contributed by atoms with E-state index in [1.165, 1.54) is 0 Å². The van der Waals surface area contributed by atoms with Crippen LogP contribution in [0, 0.1) is 0 Å². The number of carbonyl (C=O) groups is 1. The summed E-state index contributed by atoms with van der Waals surface area (Å²) in [5, 5.41) is 7.19. The summed E-state index contributed by atoms with van der Waals surface area (Å²) in [7, 11) is 0. The van der Waals surface area contributed by atoms with Crippen LogP contribution in [-0.4, -0.2) is 37.6 Å². The van der Waals surface area contributed by atoms with E-state index in [9.17, 15) is 0 Å². The molecular weight excluding hydrogens is 138 g/mol. The van der Waals surface area contributed by atoms with Crippen molar-refractivity contribution in [1.29, 1.82) is 0 Å². The molecule has 0 aromatic heterocycles. The van der Waals surface area contributed by atoms with Crippen molar-refractivity contribution < 1.29 is 19.4 Å². The van der Waals surface area contributed by atoms with Gasteiger partial charge in [-0.3, -0.25) is 0 Å². The van der Waals surface area contributed by atoms with Gasteiger partial charge in [-0.05, 0) is 0 Å². The average molecular weight is 149 g/mol. The molecule has 0 aromatic carbocycles. The fourth-order valence-corrected chi connectivity index (χ4v) is 0.440. The van der Waals surface area contributed by atoms with E-state index >= 15 is 0 Å². The maximum absolute atomic E-state index is 8.78. The Balaban J connectivity index is 0.000000180. The van der Waals surface area contributed by atoms with Gasteiger partial charge in [-0.25, -0.2) is 4.79 Å². The molecule has 0 bridgehead atoms. The normalized spacial score (nSPS) is 16.8. The molecule has 5 heteroatoms. The van der Waals surface area contributed by atoms with Gasteiger partial charge >= 0.3 is 6.09 Å². The van der Waals surface area contributed by atoms with E-state index in [-0.39, 0.29) is 0 Å². The Morgan fingerprint density at radius 2 is 1.40 bits per heavy atom. The summed E-state index contributed by atoms with van der Waals surface area (Å²) in [6.07, 6.45) is -1.33. The van der Waals surface area contributed by atoms with Crippen molar-refractivity contribution in [2.45, 2.75) is 0 Å². The Bertz CT molecular complexity index is 76.1. The van der Waals surface area contributed by atoms with Crippen LogP contribution in [0.15, 0.2) is 0 Å². The van der Waals surface area contributed by atoms with E-state index in [1.807, 2.05) is 0 Å². The zero-order valence-electron chi connectivity index (χ0n) is 5.58. The van der Waals surface area contributed by atoms with E-state index in [0.717, 1.165) is 26.4 Å². The smallest absolute Gasteiger partial charge is 0.402 e. The second kappa shape index (κ2) is 6.31. The minimum atomic E-state index is -1.33. The summed E-state index contributed by atoms with van der Waals surface area (Å²) < 4.78 is 9.89. The molecule has 0 radical (unpaired) electrons. The molecule has 1 rings (SSSR count). The number of hydrogen-bond acceptors (Lipinski definition) is 3. The second-order valence-electron chi connectivity index (χ2n) is 1.56. The van der Waals surface area contributed by atoms with E-state index in [4.69, 9.17) is 19.4 Å². The molecule has 60 valence electrons. The largest absolute Gasteiger partial charge is 0.465 e. The maximum atomic E-state index is 8.78. The third-order valence-corrected chi connectivity index (χ3v) is 0.744. The Labute approximate surface area is 58.7 Å². The molecule has 1 heterocycles. The Morgan fingerprint density at radius 3 is 1.50 bits per heavy atom. The van der Waals surface area contributed by atoms with Crippen LogP contribution in [-0.2, 0) is 9.47 Å². The molecule has 0 unspecified atom stereocenters. The Kier molecular flexibility index (Phi) is 5.80. The van der Waals surface area contributed by atoms with Crippen LogP contribution < -0.4 is 5.73 Å². The zero-order chi connectivity index (χ0) is 7.82. The topological polar surface area (TPSA) is 81.8 Å². The molecule has 10 heavy (non-hydrogen) atoms. The highest BCUT2D eigenvalue weighted by Gasteiger charge is 1.94. The number of ether oxygens (including phenoxy) is 2. The monoisotopic (exact) mass is 149 g/mol. The summed E-state index contributed by atoms with van der Waals surface area (Å²) in [4.78, 5) is 8.78. The van der Waals surface area contributed by atoms with Crippen LogP contribution in [0.25, 0.3) is 0 Å². The molecule has 0 aliphatic carbocycles. The molecule has 5 nitrogen and oxygen atoms in total. The summed E-state index contributed by atoms with van der Waals surface area (Å²) in [6.45, 7) is 3.11. The van der Waals surface area contributed by atoms with Crippen molar-refractivity contribution in [3.63, 3.8) is 0 Å². The number of primary amides is 1. The quantitative estimate of drug-likeness (QED) is 0.493. The van der Waals surface area contributed by atoms with Crippen LogP contribution in [0.2, 0.25) is 0 Å². The fraction of sp³-hybridized carbons (Fsp3) is 0.800. The van der Waals surface area contributed by atoms with Crippen molar-refractivity contribution in [2.75, 3.05) is 26.4 Å². The molecule has 1 fully saturated rings. The first-order valence-corrected chi connectivity index (χ1v) is 2.87. The lowest BCUT2D eigenvalue weighted by Gasteiger charge is -2.09. The molecule has 0 saturated carbocycles. The average Bonchev–Trinajstić information content (AvgIpc) is 1.90. The molecule has 3 N–H and O–H groups in total. The minimum absolute atomic E-state index is 0.778. The van der Waals surface area contributed by atoms with Gasteiger partial charge in [-0.1, -0.05) is 0 Å². The third-order valence-electron chi connectivity index (χ3n) is 0.744. The Hall–Kier alpha value is -0.810. The molecule has 1 aliphatic heterocycles. The molecule has 0 spiro atoms. The highest BCUT2D eigenvalue weighted by Crippen LogP contribution is 1.85. The first-order valence-electron chi connectivity index (χ1n) is 2.87. The lowest BCUT2D eigenvalue weighted by atomic mass is 10.6. The first-order chi connectivity index (χ1) is 4.73. The van der Waals surface area contributed by atoms with Gasteiger partial charge in [0, 0.05) is 0 Å². The van der Waals surface area contributed by atoms with Gasteiger partial charge in [-0.2, -0.15) is 0 Å². The summed E-state index contributed by atoms with van der Waals surface area (Å²) in [5.41, 5.74) is 4.03. The lowest BCUT2D eigenvalue weighted by Crippen LogP contribution is -2.16. The van der Waals surface area contributed by atoms with Crippen molar-refractivity contribution >= 4 is 6.09 Å². The molecule has 0 aromatic rings. The van der Waals surface area contributed by atoms with Crippen LogP contribution >= 0.6 is 0 Å². The highest BCUT2D eigenvalue weighted by molar-refractivity contribution is 5.61. The van der Waals surface area contributed by atoms with E-state index < -0.39 is 6.09 Å². The van der Waals surface area contributed by atoms with Gasteiger partial charge in [0.1, 0.15) is 0 Å². The first kappa shape index (κ1) is 9.19. The van der Waals surface area contributed by atoms with Gasteiger partial charge < -0.3 is 20.3 Å². The summed E-state index contributed by atoms with van der Waals surface area (Å²) in [6, 6.07) is 0. The number of amides is 1. The predicted octanol–water partition coefficient (Wildman–Crippen LogP) is -0.344. The fourth-order valence-electron chi connectivity index (χ4n) is 0.440. The maximum Gasteiger partial charge on any atom is 0.402 e. The standard InChI is InChI=1S/C4H8O2.CH3NO2/c1-2-6-4-3-5-1;2-1(3)4/h1-4H2;2H2,(H,3,4). The van der Waals surface area contributed by atoms with Crippen molar-refractivity contribution in [1.82, 2.24) is 0 Å². The number of nitrogens with two attached hydrogens (primary N) is 1. The van der Waals surface area contributed by atoms with Gasteiger partial charge in [0.05, 0.1) is 26.4 Å². The van der Waals surface area contributed by atoms with E-state index in [0.29, 0.717) is 0 Å². The van der Waals surface area contributed by atoms with Gasteiger partial charge in [-0.15, -0.1) is 0 Å². The van der Waals surface area contributed by atoms with Crippen LogP contribution in [0.1, 0.15) is 0 Å². The SMILES string of the molecule is C1COCCO1.NC(=O)O. The van der Waals surface area contributed by atoms with Gasteiger partial charge in [0.15, 0.2) is 0 Å². The Morgan fingerprint density at radius 1 is 1.20 bits per heavy atom.